The van der Waals surface area contributed by atoms with Crippen molar-refractivity contribution < 1.29 is 13.9 Å². The van der Waals surface area contributed by atoms with E-state index in [0.717, 1.165) is 24.5 Å². The fraction of sp³-hybridized carbons (Fsp3) is 0.240. The van der Waals surface area contributed by atoms with E-state index in [1.54, 1.807) is 42.6 Å². The Labute approximate surface area is 202 Å². The fourth-order valence-electron chi connectivity index (χ4n) is 3.56. The lowest BCUT2D eigenvalue weighted by atomic mass is 10.1. The zero-order chi connectivity index (χ0) is 24.6. The number of methoxy groups -OCH3 is 1. The van der Waals surface area contributed by atoms with E-state index in [-0.39, 0.29) is 12.5 Å². The number of halogens is 1. The Morgan fingerprint density at radius 1 is 1.11 bits per heavy atom. The molecule has 1 amide bonds. The van der Waals surface area contributed by atoms with Gasteiger partial charge in [0.1, 0.15) is 23.6 Å². The van der Waals surface area contributed by atoms with Crippen LogP contribution in [0.15, 0.2) is 61.1 Å². The molecule has 0 saturated heterocycles. The Bertz CT molecular complexity index is 1290. The molecule has 0 aliphatic rings. The number of carbonyl (C=O) groups is 1. The molecule has 0 radical (unpaired) electrons. The van der Waals surface area contributed by atoms with Crippen LogP contribution < -0.4 is 15.4 Å². The molecule has 0 aliphatic carbocycles. The highest BCUT2D eigenvalue weighted by atomic mass is 19.1. The molecule has 2 heterocycles. The number of hydrogen-bond acceptors (Lipinski definition) is 7. The quantitative estimate of drug-likeness (QED) is 0.359. The van der Waals surface area contributed by atoms with Crippen molar-refractivity contribution in [2.75, 3.05) is 12.4 Å². The number of carbonyl (C=O) groups excluding carboxylic acids is 1. The zero-order valence-corrected chi connectivity index (χ0v) is 19.5. The van der Waals surface area contributed by atoms with Gasteiger partial charge in [-0.1, -0.05) is 19.1 Å². The second kappa shape index (κ2) is 11.2. The van der Waals surface area contributed by atoms with Gasteiger partial charge in [0.2, 0.25) is 0 Å². The Balaban J connectivity index is 1.42. The lowest BCUT2D eigenvalue weighted by molar-refractivity contribution is 0.0950. The molecule has 2 aromatic heterocycles. The minimum absolute atomic E-state index is 0.0677. The van der Waals surface area contributed by atoms with Crippen molar-refractivity contribution in [2.45, 2.75) is 33.0 Å². The van der Waals surface area contributed by atoms with Gasteiger partial charge in [-0.05, 0) is 36.8 Å². The van der Waals surface area contributed by atoms with Gasteiger partial charge in [0.25, 0.3) is 5.91 Å². The molecule has 2 N–H and O–H groups in total. The first-order chi connectivity index (χ1) is 17.1. The van der Waals surface area contributed by atoms with Crippen molar-refractivity contribution in [1.82, 2.24) is 30.0 Å². The Morgan fingerprint density at radius 2 is 2.00 bits per heavy atom. The van der Waals surface area contributed by atoms with Crippen molar-refractivity contribution in [3.05, 3.63) is 83.8 Å². The molecule has 10 heteroatoms. The fourth-order valence-corrected chi connectivity index (χ4v) is 3.56. The van der Waals surface area contributed by atoms with Crippen LogP contribution in [0.4, 0.5) is 10.1 Å². The molecule has 35 heavy (non-hydrogen) atoms. The highest BCUT2D eigenvalue weighted by Crippen LogP contribution is 2.19. The van der Waals surface area contributed by atoms with E-state index in [1.807, 2.05) is 10.6 Å². The summed E-state index contributed by atoms with van der Waals surface area (Å²) in [5, 5.41) is 14.7. The van der Waals surface area contributed by atoms with Gasteiger partial charge in [-0.15, -0.1) is 10.2 Å². The predicted molar refractivity (Wildman–Crippen MR) is 129 cm³/mol. The first-order valence-electron chi connectivity index (χ1n) is 11.2. The molecule has 0 spiro atoms. The number of ether oxygens (including phenoxy) is 1. The standard InChI is InChI=1S/C25H26FN7O2/c1-3-11-33-23(31-32-24(33)22-9-10-27-16-30-22)15-28-19-6-4-5-17(12-19)25(34)29-14-18-7-8-20(35-2)13-21(18)26/h4-10,12-13,16,28H,3,11,14-15H2,1-2H3,(H,29,34). The van der Waals surface area contributed by atoms with E-state index in [0.29, 0.717) is 34.9 Å². The van der Waals surface area contributed by atoms with Gasteiger partial charge in [0, 0.05) is 42.2 Å². The molecule has 9 nitrogen and oxygen atoms in total. The third-order valence-corrected chi connectivity index (χ3v) is 5.36. The lowest BCUT2D eigenvalue weighted by Crippen LogP contribution is -2.23. The first-order valence-corrected chi connectivity index (χ1v) is 11.2. The second-order valence-electron chi connectivity index (χ2n) is 7.76. The van der Waals surface area contributed by atoms with Gasteiger partial charge >= 0.3 is 0 Å². The van der Waals surface area contributed by atoms with Gasteiger partial charge in [-0.2, -0.15) is 0 Å². The summed E-state index contributed by atoms with van der Waals surface area (Å²) >= 11 is 0. The average molecular weight is 476 g/mol. The molecule has 0 aliphatic heterocycles. The van der Waals surface area contributed by atoms with Crippen LogP contribution >= 0.6 is 0 Å². The molecule has 0 bridgehead atoms. The van der Waals surface area contributed by atoms with Gasteiger partial charge in [-0.3, -0.25) is 4.79 Å². The van der Waals surface area contributed by atoms with E-state index in [4.69, 9.17) is 4.74 Å². The molecule has 0 unspecified atom stereocenters. The van der Waals surface area contributed by atoms with Crippen molar-refractivity contribution in [1.29, 1.82) is 0 Å². The molecule has 0 atom stereocenters. The summed E-state index contributed by atoms with van der Waals surface area (Å²) in [5.74, 6) is 1.13. The summed E-state index contributed by atoms with van der Waals surface area (Å²) in [6.07, 6.45) is 4.07. The van der Waals surface area contributed by atoms with Crippen molar-refractivity contribution in [3.8, 4) is 17.3 Å². The summed E-state index contributed by atoms with van der Waals surface area (Å²) in [6.45, 7) is 3.31. The van der Waals surface area contributed by atoms with Gasteiger partial charge in [-0.25, -0.2) is 14.4 Å². The van der Waals surface area contributed by atoms with Crippen LogP contribution in [-0.4, -0.2) is 37.7 Å². The van der Waals surface area contributed by atoms with Crippen LogP contribution in [0.25, 0.3) is 11.5 Å². The van der Waals surface area contributed by atoms with E-state index in [9.17, 15) is 9.18 Å². The van der Waals surface area contributed by atoms with Crippen LogP contribution in [0, 0.1) is 5.82 Å². The Hall–Kier alpha value is -4.34. The monoisotopic (exact) mass is 475 g/mol. The van der Waals surface area contributed by atoms with Crippen LogP contribution in [0.1, 0.15) is 35.1 Å². The summed E-state index contributed by atoms with van der Waals surface area (Å²) in [5.41, 5.74) is 2.30. The van der Waals surface area contributed by atoms with E-state index >= 15 is 0 Å². The number of aromatic nitrogens is 5. The lowest BCUT2D eigenvalue weighted by Gasteiger charge is -2.11. The molecule has 0 fully saturated rings. The van der Waals surface area contributed by atoms with Crippen molar-refractivity contribution in [2.24, 2.45) is 0 Å². The third kappa shape index (κ3) is 5.78. The summed E-state index contributed by atoms with van der Waals surface area (Å²) in [6, 6.07) is 13.4. The van der Waals surface area contributed by atoms with Crippen molar-refractivity contribution in [3.63, 3.8) is 0 Å². The molecule has 0 saturated carbocycles. The molecule has 4 rings (SSSR count). The normalized spacial score (nSPS) is 10.7. The third-order valence-electron chi connectivity index (χ3n) is 5.36. The number of anilines is 1. The molecular weight excluding hydrogens is 449 g/mol. The van der Waals surface area contributed by atoms with Gasteiger partial charge in [0.05, 0.1) is 13.7 Å². The highest BCUT2D eigenvalue weighted by Gasteiger charge is 2.15. The van der Waals surface area contributed by atoms with Crippen LogP contribution in [0.2, 0.25) is 0 Å². The maximum atomic E-state index is 14.2. The molecule has 2 aromatic carbocycles. The maximum absolute atomic E-state index is 14.2. The smallest absolute Gasteiger partial charge is 0.251 e. The summed E-state index contributed by atoms with van der Waals surface area (Å²) in [7, 11) is 1.47. The second-order valence-corrected chi connectivity index (χ2v) is 7.76. The number of benzene rings is 2. The molecular formula is C25H26FN7O2. The van der Waals surface area contributed by atoms with Crippen LogP contribution in [0.5, 0.6) is 5.75 Å². The van der Waals surface area contributed by atoms with Crippen LogP contribution in [0.3, 0.4) is 0 Å². The number of nitrogens with zero attached hydrogens (tertiary/aromatic N) is 5. The number of nitrogens with one attached hydrogen (secondary N) is 2. The summed E-state index contributed by atoms with van der Waals surface area (Å²) < 4.78 is 21.2. The predicted octanol–water partition coefficient (Wildman–Crippen LogP) is 3.83. The average Bonchev–Trinajstić information content (AvgIpc) is 3.29. The zero-order valence-electron chi connectivity index (χ0n) is 19.5. The number of rotatable bonds is 10. The van der Waals surface area contributed by atoms with Crippen LogP contribution in [-0.2, 0) is 19.6 Å². The van der Waals surface area contributed by atoms with E-state index < -0.39 is 5.82 Å². The van der Waals surface area contributed by atoms with Gasteiger partial charge < -0.3 is 19.9 Å². The van der Waals surface area contributed by atoms with E-state index in [2.05, 4.69) is 37.7 Å². The summed E-state index contributed by atoms with van der Waals surface area (Å²) in [4.78, 5) is 20.9. The highest BCUT2D eigenvalue weighted by molar-refractivity contribution is 5.95. The minimum atomic E-state index is -0.433. The first kappa shape index (κ1) is 23.8. The van der Waals surface area contributed by atoms with Gasteiger partial charge in [0.15, 0.2) is 11.6 Å². The molecule has 180 valence electrons. The molecule has 4 aromatic rings. The Kier molecular flexibility index (Phi) is 7.61. The largest absolute Gasteiger partial charge is 0.497 e. The number of amides is 1. The maximum Gasteiger partial charge on any atom is 0.251 e. The van der Waals surface area contributed by atoms with E-state index in [1.165, 1.54) is 19.5 Å². The SMILES string of the molecule is CCCn1c(CNc2cccc(C(=O)NCc3ccc(OC)cc3F)c2)nnc1-c1ccncn1. The minimum Gasteiger partial charge on any atom is -0.497 e. The topological polar surface area (TPSA) is 107 Å². The van der Waals surface area contributed by atoms with Crippen molar-refractivity contribution >= 4 is 11.6 Å². The Morgan fingerprint density at radius 3 is 2.74 bits per heavy atom. The number of hydrogen-bond donors (Lipinski definition) is 2.